The highest BCUT2D eigenvalue weighted by Crippen LogP contribution is 2.53. The number of aromatic nitrogens is 1. The van der Waals surface area contributed by atoms with Crippen molar-refractivity contribution >= 4 is 34.8 Å². The molecule has 0 radical (unpaired) electrons. The van der Waals surface area contributed by atoms with E-state index in [9.17, 15) is 0 Å². The minimum absolute atomic E-state index is 0.233. The Kier molecular flexibility index (Phi) is 7.66. The van der Waals surface area contributed by atoms with Crippen molar-refractivity contribution in [2.24, 2.45) is 4.99 Å². The van der Waals surface area contributed by atoms with Crippen LogP contribution in [0.2, 0.25) is 0 Å². The van der Waals surface area contributed by atoms with Crippen molar-refractivity contribution in [3.05, 3.63) is 168 Å². The van der Waals surface area contributed by atoms with Gasteiger partial charge in [0.25, 0.3) is 0 Å². The summed E-state index contributed by atoms with van der Waals surface area (Å²) in [6.07, 6.45) is 8.21. The van der Waals surface area contributed by atoms with Crippen molar-refractivity contribution in [3.8, 4) is 33.5 Å². The van der Waals surface area contributed by atoms with E-state index in [4.69, 9.17) is 4.98 Å². The molecule has 6 aromatic rings. The molecule has 0 saturated carbocycles. The predicted octanol–water partition coefficient (Wildman–Crippen LogP) is 12.0. The van der Waals surface area contributed by atoms with E-state index in [2.05, 4.69) is 155 Å². The summed E-state index contributed by atoms with van der Waals surface area (Å²) in [5, 5.41) is 2.45. The van der Waals surface area contributed by atoms with Crippen LogP contribution < -0.4 is 0 Å². The lowest BCUT2D eigenvalue weighted by Gasteiger charge is -2.37. The molecule has 1 heterocycles. The summed E-state index contributed by atoms with van der Waals surface area (Å²) in [4.78, 5) is 9.50. The molecule has 0 bridgehead atoms. The second-order valence-electron chi connectivity index (χ2n) is 12.8. The zero-order chi connectivity index (χ0) is 32.7. The Morgan fingerprint density at radius 3 is 2.15 bits per heavy atom. The molecule has 0 unspecified atom stereocenters. The number of benzene rings is 5. The molecule has 7 rings (SSSR count). The first-order chi connectivity index (χ1) is 22.8. The Hall–Kier alpha value is -5.60. The van der Waals surface area contributed by atoms with Crippen molar-refractivity contribution < 1.29 is 0 Å². The van der Waals surface area contributed by atoms with Gasteiger partial charge in [0.05, 0.1) is 11.4 Å². The Morgan fingerprint density at radius 1 is 0.745 bits per heavy atom. The summed E-state index contributed by atoms with van der Waals surface area (Å²) in [5.74, 6) is 0. The summed E-state index contributed by atoms with van der Waals surface area (Å²) < 4.78 is 0. The normalized spacial score (nSPS) is 13.7. The van der Waals surface area contributed by atoms with E-state index < -0.39 is 0 Å². The van der Waals surface area contributed by atoms with Gasteiger partial charge in [-0.3, -0.25) is 9.98 Å². The van der Waals surface area contributed by atoms with Crippen LogP contribution in [0.5, 0.6) is 0 Å². The first-order valence-electron chi connectivity index (χ1n) is 16.1. The van der Waals surface area contributed by atoms with Gasteiger partial charge < -0.3 is 0 Å². The number of pyridine rings is 1. The summed E-state index contributed by atoms with van der Waals surface area (Å²) in [7, 11) is 0. The summed E-state index contributed by atoms with van der Waals surface area (Å²) in [5.41, 5.74) is 15.8. The molecule has 5 aromatic carbocycles. The second-order valence-corrected chi connectivity index (χ2v) is 12.8. The Bertz CT molecular complexity index is 2230. The number of aliphatic imine (C=N–C) groups is 1. The molecule has 228 valence electrons. The van der Waals surface area contributed by atoms with Gasteiger partial charge in [-0.15, -0.1) is 0 Å². The fourth-order valence-corrected chi connectivity index (χ4v) is 7.19. The van der Waals surface area contributed by atoms with Crippen LogP contribution in [0.4, 0.5) is 0 Å². The second kappa shape index (κ2) is 12.0. The number of rotatable bonds is 7. The van der Waals surface area contributed by atoms with Crippen LogP contribution in [0.1, 0.15) is 54.2 Å². The zero-order valence-corrected chi connectivity index (χ0v) is 27.5. The van der Waals surface area contributed by atoms with Gasteiger partial charge in [0.1, 0.15) is 0 Å². The third-order valence-electron chi connectivity index (χ3n) is 9.75. The van der Waals surface area contributed by atoms with Crippen LogP contribution in [-0.4, -0.2) is 11.7 Å². The molecule has 0 aliphatic heterocycles. The van der Waals surface area contributed by atoms with Gasteiger partial charge in [0.15, 0.2) is 0 Å². The minimum Gasteiger partial charge on any atom is -0.264 e. The van der Waals surface area contributed by atoms with Gasteiger partial charge in [0.2, 0.25) is 0 Å². The fraction of sp³-hybridized carbons (Fsp3) is 0.111. The molecule has 0 atom stereocenters. The minimum atomic E-state index is -0.233. The highest BCUT2D eigenvalue weighted by Gasteiger charge is 2.36. The highest BCUT2D eigenvalue weighted by atomic mass is 14.7. The Labute approximate surface area is 278 Å². The lowest BCUT2D eigenvalue weighted by molar-refractivity contribution is 0.645. The van der Waals surface area contributed by atoms with E-state index in [1.54, 1.807) is 0 Å². The van der Waals surface area contributed by atoms with Crippen LogP contribution in [0, 0.1) is 6.92 Å². The Morgan fingerprint density at radius 2 is 1.47 bits per heavy atom. The number of nitrogens with zero attached hydrogens (tertiary/aromatic N) is 2. The molecular formula is C45H38N2. The average molecular weight is 607 g/mol. The topological polar surface area (TPSA) is 25.2 Å². The molecule has 0 spiro atoms. The van der Waals surface area contributed by atoms with Crippen LogP contribution in [0.15, 0.2) is 139 Å². The number of fused-ring (bicyclic) bond motifs is 2. The van der Waals surface area contributed by atoms with E-state index in [-0.39, 0.29) is 5.41 Å². The van der Waals surface area contributed by atoms with E-state index in [1.165, 1.54) is 49.7 Å². The number of aryl methyl sites for hydroxylation is 1. The van der Waals surface area contributed by atoms with E-state index >= 15 is 0 Å². The number of allylic oxidation sites excluding steroid dienone is 3. The van der Waals surface area contributed by atoms with Gasteiger partial charge >= 0.3 is 0 Å². The summed E-state index contributed by atoms with van der Waals surface area (Å²) in [6, 6.07) is 38.6. The van der Waals surface area contributed by atoms with Crippen molar-refractivity contribution in [2.75, 3.05) is 0 Å². The number of hydrogen-bond acceptors (Lipinski definition) is 2. The first kappa shape index (κ1) is 30.1. The van der Waals surface area contributed by atoms with Gasteiger partial charge in [-0.05, 0) is 93.6 Å². The third kappa shape index (κ3) is 5.07. The van der Waals surface area contributed by atoms with Gasteiger partial charge in [-0.2, -0.15) is 0 Å². The van der Waals surface area contributed by atoms with Gasteiger partial charge in [-0.25, -0.2) is 0 Å². The monoisotopic (exact) mass is 606 g/mol. The smallest absolute Gasteiger partial charge is 0.0708 e. The van der Waals surface area contributed by atoms with Crippen LogP contribution in [0.3, 0.4) is 0 Å². The van der Waals surface area contributed by atoms with E-state index in [1.807, 2.05) is 24.4 Å². The molecule has 47 heavy (non-hydrogen) atoms. The van der Waals surface area contributed by atoms with Crippen molar-refractivity contribution in [1.29, 1.82) is 0 Å². The highest BCUT2D eigenvalue weighted by molar-refractivity contribution is 6.10. The third-order valence-corrected chi connectivity index (χ3v) is 9.75. The predicted molar refractivity (Wildman–Crippen MR) is 203 cm³/mol. The largest absolute Gasteiger partial charge is 0.264 e. The van der Waals surface area contributed by atoms with Crippen LogP contribution in [-0.2, 0) is 5.41 Å². The maximum atomic E-state index is 4.96. The lowest BCUT2D eigenvalue weighted by atomic mass is 9.66. The van der Waals surface area contributed by atoms with Crippen molar-refractivity contribution in [2.45, 2.75) is 33.1 Å². The van der Waals surface area contributed by atoms with Crippen LogP contribution in [0.25, 0.3) is 61.6 Å². The molecule has 1 aromatic heterocycles. The standard InChI is InChI=1S/C45H38N2/c1-7-34-35(41-27-20-33(28-47-41)32-16-12-9-13-17-32)22-24-38-43(34)42-30(3)18-21-37-36(23-25-39(44(37)42)45(38,4)5)40(46-6)26-19-29(2)31-14-10-8-11-15-31/h7-28H,1,6H2,2-5H3/b29-19+,40-26-. The molecule has 2 heteroatoms. The number of hydrogen-bond donors (Lipinski definition) is 0. The molecule has 0 saturated heterocycles. The van der Waals surface area contributed by atoms with Gasteiger partial charge in [0, 0.05) is 28.3 Å². The summed E-state index contributed by atoms with van der Waals surface area (Å²) in [6.45, 7) is 17.3. The van der Waals surface area contributed by atoms with Crippen molar-refractivity contribution in [3.63, 3.8) is 0 Å². The maximum absolute atomic E-state index is 4.96. The summed E-state index contributed by atoms with van der Waals surface area (Å²) >= 11 is 0. The average Bonchev–Trinajstić information content (AvgIpc) is 3.11. The lowest BCUT2D eigenvalue weighted by Crippen LogP contribution is -2.25. The zero-order valence-electron chi connectivity index (χ0n) is 27.5. The molecule has 0 N–H and O–H groups in total. The molecule has 1 aliphatic carbocycles. The molecule has 0 amide bonds. The SMILES string of the molecule is C=Cc1c(-c2ccc(-c3ccccc3)cn2)ccc2c1-c1c(C)ccc3c(/C(=C/C=C(\C)c4ccccc4)N=C)ccc(c13)C2(C)C. The van der Waals surface area contributed by atoms with E-state index in [0.29, 0.717) is 0 Å². The molecule has 0 fully saturated rings. The quantitative estimate of drug-likeness (QED) is 0.131. The Balaban J connectivity index is 1.42. The van der Waals surface area contributed by atoms with E-state index in [0.717, 1.165) is 39.2 Å². The first-order valence-corrected chi connectivity index (χ1v) is 16.1. The van der Waals surface area contributed by atoms with Crippen LogP contribution >= 0.6 is 0 Å². The maximum Gasteiger partial charge on any atom is 0.0708 e. The molecule has 2 nitrogen and oxygen atoms in total. The fourth-order valence-electron chi connectivity index (χ4n) is 7.19. The molecule has 1 aliphatic rings. The van der Waals surface area contributed by atoms with Crippen molar-refractivity contribution in [1.82, 2.24) is 4.98 Å². The molecular weight excluding hydrogens is 569 g/mol. The van der Waals surface area contributed by atoms with Gasteiger partial charge in [-0.1, -0.05) is 136 Å².